The van der Waals surface area contributed by atoms with Crippen LogP contribution in [0.1, 0.15) is 36.6 Å². The molecule has 3 nitrogen and oxygen atoms in total. The molecule has 0 radical (unpaired) electrons. The minimum Gasteiger partial charge on any atom is -0.489 e. The van der Waals surface area contributed by atoms with E-state index >= 15 is 0 Å². The second kappa shape index (κ2) is 6.53. The molecule has 2 rings (SSSR count). The molecule has 0 amide bonds. The van der Waals surface area contributed by atoms with E-state index in [1.165, 1.54) is 11.1 Å². The molecule has 1 N–H and O–H groups in total. The number of nitrogens with one attached hydrogen (secondary N) is 1. The highest BCUT2D eigenvalue weighted by atomic mass is 16.5. The Labute approximate surface area is 121 Å². The van der Waals surface area contributed by atoms with Gasteiger partial charge in [-0.15, -0.1) is 0 Å². The van der Waals surface area contributed by atoms with Gasteiger partial charge in [0, 0.05) is 6.20 Å². The van der Waals surface area contributed by atoms with Crippen LogP contribution in [0.3, 0.4) is 0 Å². The van der Waals surface area contributed by atoms with E-state index in [-0.39, 0.29) is 12.1 Å². The van der Waals surface area contributed by atoms with Crippen molar-refractivity contribution in [2.45, 2.75) is 32.9 Å². The van der Waals surface area contributed by atoms with E-state index in [9.17, 15) is 0 Å². The van der Waals surface area contributed by atoms with Crippen LogP contribution in [0.2, 0.25) is 0 Å². The molecule has 0 bridgehead atoms. The minimum absolute atomic E-state index is 0.123. The Kier molecular flexibility index (Phi) is 4.74. The van der Waals surface area contributed by atoms with Crippen LogP contribution in [0.4, 0.5) is 0 Å². The van der Waals surface area contributed by atoms with Crippen LogP contribution in [0, 0.1) is 6.92 Å². The summed E-state index contributed by atoms with van der Waals surface area (Å²) >= 11 is 0. The van der Waals surface area contributed by atoms with Crippen LogP contribution in [0.5, 0.6) is 5.75 Å². The Morgan fingerprint density at radius 1 is 1.10 bits per heavy atom. The zero-order valence-corrected chi connectivity index (χ0v) is 12.6. The lowest BCUT2D eigenvalue weighted by molar-refractivity contribution is 0.241. The number of benzene rings is 1. The van der Waals surface area contributed by atoms with Crippen molar-refractivity contribution >= 4 is 0 Å². The zero-order chi connectivity index (χ0) is 14.5. The second-order valence-corrected chi connectivity index (χ2v) is 5.26. The lowest BCUT2D eigenvalue weighted by atomic mass is 9.99. The average Bonchev–Trinajstić information content (AvgIpc) is 2.39. The molecule has 3 heteroatoms. The van der Waals surface area contributed by atoms with Gasteiger partial charge in [-0.2, -0.15) is 0 Å². The molecule has 1 heterocycles. The van der Waals surface area contributed by atoms with Gasteiger partial charge in [-0.25, -0.2) is 0 Å². The summed E-state index contributed by atoms with van der Waals surface area (Å²) in [5.41, 5.74) is 3.59. The number of pyridine rings is 1. The van der Waals surface area contributed by atoms with Gasteiger partial charge in [-0.1, -0.05) is 29.8 Å². The van der Waals surface area contributed by atoms with Gasteiger partial charge in [0.25, 0.3) is 0 Å². The first-order valence-corrected chi connectivity index (χ1v) is 6.95. The SMILES string of the molecule is CNC(c1cccc(C)c1)c1cncc(OC(C)C)c1. The van der Waals surface area contributed by atoms with Crippen LogP contribution in [0.25, 0.3) is 0 Å². The first-order chi connectivity index (χ1) is 9.60. The van der Waals surface area contributed by atoms with Crippen molar-refractivity contribution in [3.8, 4) is 5.75 Å². The highest BCUT2D eigenvalue weighted by Gasteiger charge is 2.13. The summed E-state index contributed by atoms with van der Waals surface area (Å²) in [6.45, 7) is 6.14. The third kappa shape index (κ3) is 3.58. The van der Waals surface area contributed by atoms with Crippen LogP contribution >= 0.6 is 0 Å². The largest absolute Gasteiger partial charge is 0.489 e. The first-order valence-electron chi connectivity index (χ1n) is 6.95. The van der Waals surface area contributed by atoms with Gasteiger partial charge < -0.3 is 10.1 Å². The van der Waals surface area contributed by atoms with E-state index in [1.54, 1.807) is 6.20 Å². The molecule has 0 spiro atoms. The summed E-state index contributed by atoms with van der Waals surface area (Å²) in [6.07, 6.45) is 3.79. The molecular formula is C17H22N2O. The molecule has 0 aliphatic heterocycles. The monoisotopic (exact) mass is 270 g/mol. The fourth-order valence-electron chi connectivity index (χ4n) is 2.31. The summed E-state index contributed by atoms with van der Waals surface area (Å²) < 4.78 is 5.72. The normalized spacial score (nSPS) is 12.4. The van der Waals surface area contributed by atoms with Gasteiger partial charge in [0.1, 0.15) is 5.75 Å². The van der Waals surface area contributed by atoms with Crippen molar-refractivity contribution in [3.63, 3.8) is 0 Å². The third-order valence-corrected chi connectivity index (χ3v) is 3.10. The van der Waals surface area contributed by atoms with Crippen LogP contribution in [-0.4, -0.2) is 18.1 Å². The lowest BCUT2D eigenvalue weighted by Gasteiger charge is -2.18. The molecule has 0 aliphatic carbocycles. The molecule has 1 atom stereocenters. The van der Waals surface area contributed by atoms with Crippen molar-refractivity contribution in [3.05, 3.63) is 59.4 Å². The van der Waals surface area contributed by atoms with E-state index in [2.05, 4.69) is 47.6 Å². The number of aromatic nitrogens is 1. The lowest BCUT2D eigenvalue weighted by Crippen LogP contribution is -2.18. The maximum atomic E-state index is 5.72. The van der Waals surface area contributed by atoms with Gasteiger partial charge >= 0.3 is 0 Å². The summed E-state index contributed by atoms with van der Waals surface area (Å²) in [5, 5.41) is 3.35. The molecular weight excluding hydrogens is 248 g/mol. The highest BCUT2D eigenvalue weighted by Crippen LogP contribution is 2.25. The molecule has 1 aromatic heterocycles. The standard InChI is InChI=1S/C17H22N2O/c1-12(2)20-16-9-15(10-19-11-16)17(18-4)14-7-5-6-13(3)8-14/h5-12,17-18H,1-4H3. The first kappa shape index (κ1) is 14.5. The quantitative estimate of drug-likeness (QED) is 0.903. The number of hydrogen-bond acceptors (Lipinski definition) is 3. The summed E-state index contributed by atoms with van der Waals surface area (Å²) in [4.78, 5) is 4.29. The Morgan fingerprint density at radius 3 is 2.55 bits per heavy atom. The molecule has 0 saturated heterocycles. The van der Waals surface area contributed by atoms with Gasteiger partial charge in [-0.3, -0.25) is 4.98 Å². The summed E-state index contributed by atoms with van der Waals surface area (Å²) in [7, 11) is 1.96. The minimum atomic E-state index is 0.123. The Hall–Kier alpha value is -1.87. The molecule has 106 valence electrons. The van der Waals surface area contributed by atoms with Gasteiger partial charge in [0.2, 0.25) is 0 Å². The van der Waals surface area contributed by atoms with Crippen LogP contribution in [0.15, 0.2) is 42.7 Å². The van der Waals surface area contributed by atoms with Crippen molar-refractivity contribution in [1.29, 1.82) is 0 Å². The van der Waals surface area contributed by atoms with Gasteiger partial charge in [0.05, 0.1) is 18.3 Å². The van der Waals surface area contributed by atoms with Crippen LogP contribution < -0.4 is 10.1 Å². The molecule has 0 saturated carbocycles. The zero-order valence-electron chi connectivity index (χ0n) is 12.6. The maximum Gasteiger partial charge on any atom is 0.138 e. The number of ether oxygens (including phenoxy) is 1. The molecule has 0 aliphatic rings. The van der Waals surface area contributed by atoms with E-state index in [0.29, 0.717) is 0 Å². The average molecular weight is 270 g/mol. The third-order valence-electron chi connectivity index (χ3n) is 3.10. The van der Waals surface area contributed by atoms with E-state index in [1.807, 2.05) is 27.1 Å². The fourth-order valence-corrected chi connectivity index (χ4v) is 2.31. The van der Waals surface area contributed by atoms with Crippen molar-refractivity contribution < 1.29 is 4.74 Å². The van der Waals surface area contributed by atoms with E-state index in [4.69, 9.17) is 4.74 Å². The predicted molar refractivity (Wildman–Crippen MR) is 82.1 cm³/mol. The Bertz CT molecular complexity index is 566. The van der Waals surface area contributed by atoms with Crippen molar-refractivity contribution in [2.75, 3.05) is 7.05 Å². The van der Waals surface area contributed by atoms with E-state index < -0.39 is 0 Å². The molecule has 0 fully saturated rings. The maximum absolute atomic E-state index is 5.72. The number of hydrogen-bond donors (Lipinski definition) is 1. The van der Waals surface area contributed by atoms with Crippen molar-refractivity contribution in [1.82, 2.24) is 10.3 Å². The predicted octanol–water partition coefficient (Wildman–Crippen LogP) is 3.49. The highest BCUT2D eigenvalue weighted by molar-refractivity contribution is 5.35. The van der Waals surface area contributed by atoms with Gasteiger partial charge in [0.15, 0.2) is 0 Å². The number of aryl methyl sites for hydroxylation is 1. The molecule has 1 aromatic carbocycles. The molecule has 1 unspecified atom stereocenters. The Morgan fingerprint density at radius 2 is 1.90 bits per heavy atom. The topological polar surface area (TPSA) is 34.2 Å². The molecule has 20 heavy (non-hydrogen) atoms. The number of rotatable bonds is 5. The fraction of sp³-hybridized carbons (Fsp3) is 0.353. The van der Waals surface area contributed by atoms with Crippen LogP contribution in [-0.2, 0) is 0 Å². The Balaban J connectivity index is 2.32. The molecule has 2 aromatic rings. The smallest absolute Gasteiger partial charge is 0.138 e. The summed E-state index contributed by atoms with van der Waals surface area (Å²) in [6, 6.07) is 10.7. The van der Waals surface area contributed by atoms with Gasteiger partial charge in [-0.05, 0) is 45.0 Å². The van der Waals surface area contributed by atoms with E-state index in [0.717, 1.165) is 11.3 Å². The second-order valence-electron chi connectivity index (χ2n) is 5.26. The van der Waals surface area contributed by atoms with Crippen molar-refractivity contribution in [2.24, 2.45) is 0 Å². The number of nitrogens with zero attached hydrogens (tertiary/aromatic N) is 1. The summed E-state index contributed by atoms with van der Waals surface area (Å²) in [5.74, 6) is 0.811.